The SMILES string of the molecule is NCc1ccc(C(=O)Nc2cc(F)c(F)c(F)c2)o1. The first-order chi connectivity index (χ1) is 9.01. The topological polar surface area (TPSA) is 68.3 Å². The highest BCUT2D eigenvalue weighted by Gasteiger charge is 2.15. The fourth-order valence-electron chi connectivity index (χ4n) is 1.43. The molecule has 0 unspecified atom stereocenters. The molecular weight excluding hydrogens is 261 g/mol. The zero-order chi connectivity index (χ0) is 14.0. The number of amides is 1. The van der Waals surface area contributed by atoms with Crippen molar-refractivity contribution >= 4 is 11.6 Å². The van der Waals surface area contributed by atoms with E-state index in [0.29, 0.717) is 17.9 Å². The van der Waals surface area contributed by atoms with Gasteiger partial charge in [0.05, 0.1) is 6.54 Å². The molecule has 0 atom stereocenters. The predicted octanol–water partition coefficient (Wildman–Crippen LogP) is 2.41. The number of furan rings is 1. The number of benzene rings is 1. The maximum absolute atomic E-state index is 12.9. The molecule has 2 rings (SSSR count). The second-order valence-corrected chi connectivity index (χ2v) is 3.68. The normalized spacial score (nSPS) is 10.5. The summed E-state index contributed by atoms with van der Waals surface area (Å²) in [5, 5.41) is 2.18. The Kier molecular flexibility index (Phi) is 3.57. The first-order valence-corrected chi connectivity index (χ1v) is 5.26. The smallest absolute Gasteiger partial charge is 0.291 e. The van der Waals surface area contributed by atoms with Gasteiger partial charge >= 0.3 is 0 Å². The molecule has 0 aliphatic rings. The number of nitrogens with one attached hydrogen (secondary N) is 1. The molecule has 0 aliphatic heterocycles. The van der Waals surface area contributed by atoms with Gasteiger partial charge in [0, 0.05) is 17.8 Å². The van der Waals surface area contributed by atoms with Crippen molar-refractivity contribution in [1.29, 1.82) is 0 Å². The van der Waals surface area contributed by atoms with Crippen molar-refractivity contribution in [3.05, 3.63) is 53.2 Å². The quantitative estimate of drug-likeness (QED) is 0.841. The van der Waals surface area contributed by atoms with Crippen LogP contribution in [-0.2, 0) is 6.54 Å². The van der Waals surface area contributed by atoms with Gasteiger partial charge in [-0.15, -0.1) is 0 Å². The molecule has 1 heterocycles. The summed E-state index contributed by atoms with van der Waals surface area (Å²) in [6.07, 6.45) is 0. The molecule has 7 heteroatoms. The summed E-state index contributed by atoms with van der Waals surface area (Å²) in [5.41, 5.74) is 5.09. The molecule has 0 saturated carbocycles. The number of carbonyl (C=O) groups is 1. The number of hydrogen-bond acceptors (Lipinski definition) is 3. The fraction of sp³-hybridized carbons (Fsp3) is 0.0833. The summed E-state index contributed by atoms with van der Waals surface area (Å²) >= 11 is 0. The molecule has 0 saturated heterocycles. The van der Waals surface area contributed by atoms with Gasteiger partial charge in [0.2, 0.25) is 0 Å². The molecule has 0 bridgehead atoms. The Morgan fingerprint density at radius 3 is 2.37 bits per heavy atom. The number of nitrogens with two attached hydrogens (primary N) is 1. The first-order valence-electron chi connectivity index (χ1n) is 5.26. The van der Waals surface area contributed by atoms with Crippen LogP contribution in [0.5, 0.6) is 0 Å². The van der Waals surface area contributed by atoms with Gasteiger partial charge in [-0.25, -0.2) is 13.2 Å². The Bertz CT molecular complexity index is 602. The standard InChI is InChI=1S/C12H9F3N2O2/c13-8-3-6(4-9(14)11(8)15)17-12(18)10-2-1-7(5-16)19-10/h1-4H,5,16H2,(H,17,18). The van der Waals surface area contributed by atoms with E-state index in [-0.39, 0.29) is 18.0 Å². The van der Waals surface area contributed by atoms with E-state index in [2.05, 4.69) is 5.32 Å². The van der Waals surface area contributed by atoms with Crippen LogP contribution in [0.1, 0.15) is 16.3 Å². The van der Waals surface area contributed by atoms with Crippen LogP contribution in [0.4, 0.5) is 18.9 Å². The van der Waals surface area contributed by atoms with Crippen molar-refractivity contribution in [2.45, 2.75) is 6.54 Å². The molecule has 3 N–H and O–H groups in total. The van der Waals surface area contributed by atoms with Gasteiger partial charge in [0.25, 0.3) is 5.91 Å². The summed E-state index contributed by atoms with van der Waals surface area (Å²) in [6.45, 7) is 0.118. The Morgan fingerprint density at radius 2 is 1.84 bits per heavy atom. The van der Waals surface area contributed by atoms with E-state index in [1.807, 2.05) is 0 Å². The Balaban J connectivity index is 2.19. The van der Waals surface area contributed by atoms with Gasteiger partial charge in [-0.3, -0.25) is 4.79 Å². The van der Waals surface area contributed by atoms with Gasteiger partial charge in [-0.05, 0) is 12.1 Å². The maximum atomic E-state index is 12.9. The molecule has 4 nitrogen and oxygen atoms in total. The molecule has 2 aromatic rings. The average molecular weight is 270 g/mol. The van der Waals surface area contributed by atoms with Gasteiger partial charge in [0.15, 0.2) is 23.2 Å². The first kappa shape index (κ1) is 13.2. The third-order valence-electron chi connectivity index (χ3n) is 2.33. The second kappa shape index (κ2) is 5.15. The lowest BCUT2D eigenvalue weighted by molar-refractivity contribution is 0.0995. The molecule has 0 radical (unpaired) electrons. The monoisotopic (exact) mass is 270 g/mol. The Morgan fingerprint density at radius 1 is 1.21 bits per heavy atom. The number of hydrogen-bond donors (Lipinski definition) is 2. The van der Waals surface area contributed by atoms with Gasteiger partial charge < -0.3 is 15.5 Å². The van der Waals surface area contributed by atoms with Crippen LogP contribution >= 0.6 is 0 Å². The van der Waals surface area contributed by atoms with Crippen LogP contribution in [0.15, 0.2) is 28.7 Å². The molecule has 0 aliphatic carbocycles. The minimum Gasteiger partial charge on any atom is -0.455 e. The van der Waals surface area contributed by atoms with E-state index in [1.165, 1.54) is 12.1 Å². The Hall–Kier alpha value is -2.28. The fourth-order valence-corrected chi connectivity index (χ4v) is 1.43. The van der Waals surface area contributed by atoms with E-state index in [4.69, 9.17) is 10.2 Å². The highest BCUT2D eigenvalue weighted by Crippen LogP contribution is 2.18. The van der Waals surface area contributed by atoms with Crippen LogP contribution in [0.3, 0.4) is 0 Å². The largest absolute Gasteiger partial charge is 0.455 e. The van der Waals surface area contributed by atoms with E-state index < -0.39 is 23.4 Å². The lowest BCUT2D eigenvalue weighted by Crippen LogP contribution is -2.11. The van der Waals surface area contributed by atoms with E-state index >= 15 is 0 Å². The average Bonchev–Trinajstić information content (AvgIpc) is 2.84. The lowest BCUT2D eigenvalue weighted by Gasteiger charge is -2.04. The van der Waals surface area contributed by atoms with Crippen molar-refractivity contribution in [2.24, 2.45) is 5.73 Å². The molecule has 100 valence electrons. The van der Waals surface area contributed by atoms with Crippen LogP contribution in [0.2, 0.25) is 0 Å². The molecule has 0 spiro atoms. The third kappa shape index (κ3) is 2.76. The highest BCUT2D eigenvalue weighted by atomic mass is 19.2. The molecule has 19 heavy (non-hydrogen) atoms. The predicted molar refractivity (Wildman–Crippen MR) is 60.9 cm³/mol. The summed E-state index contributed by atoms with van der Waals surface area (Å²) in [7, 11) is 0. The molecule has 0 fully saturated rings. The summed E-state index contributed by atoms with van der Waals surface area (Å²) < 4.78 is 43.7. The molecule has 1 aromatic carbocycles. The Labute approximate surface area is 106 Å². The van der Waals surface area contributed by atoms with E-state index in [9.17, 15) is 18.0 Å². The highest BCUT2D eigenvalue weighted by molar-refractivity contribution is 6.02. The number of rotatable bonds is 3. The van der Waals surface area contributed by atoms with Crippen molar-refractivity contribution in [3.63, 3.8) is 0 Å². The molecule has 1 aromatic heterocycles. The minimum absolute atomic E-state index is 0.0643. The number of anilines is 1. The number of carbonyl (C=O) groups excluding carboxylic acids is 1. The van der Waals surface area contributed by atoms with Crippen LogP contribution in [-0.4, -0.2) is 5.91 Å². The van der Waals surface area contributed by atoms with E-state index in [0.717, 1.165) is 0 Å². The zero-order valence-electron chi connectivity index (χ0n) is 9.54. The maximum Gasteiger partial charge on any atom is 0.291 e. The van der Waals surface area contributed by atoms with Crippen LogP contribution in [0.25, 0.3) is 0 Å². The summed E-state index contributed by atoms with van der Waals surface area (Å²) in [5.74, 6) is -4.77. The van der Waals surface area contributed by atoms with Crippen LogP contribution < -0.4 is 11.1 Å². The third-order valence-corrected chi connectivity index (χ3v) is 2.33. The van der Waals surface area contributed by atoms with E-state index in [1.54, 1.807) is 0 Å². The van der Waals surface area contributed by atoms with Gasteiger partial charge in [-0.2, -0.15) is 0 Å². The summed E-state index contributed by atoms with van der Waals surface area (Å²) in [4.78, 5) is 11.7. The zero-order valence-corrected chi connectivity index (χ0v) is 9.54. The van der Waals surface area contributed by atoms with Crippen molar-refractivity contribution < 1.29 is 22.4 Å². The van der Waals surface area contributed by atoms with Crippen molar-refractivity contribution in [1.82, 2.24) is 0 Å². The van der Waals surface area contributed by atoms with Crippen molar-refractivity contribution in [3.8, 4) is 0 Å². The molecular formula is C12H9F3N2O2. The summed E-state index contributed by atoms with van der Waals surface area (Å²) in [6, 6.07) is 4.21. The number of halogens is 3. The van der Waals surface area contributed by atoms with Crippen molar-refractivity contribution in [2.75, 3.05) is 5.32 Å². The lowest BCUT2D eigenvalue weighted by atomic mass is 10.2. The van der Waals surface area contributed by atoms with Gasteiger partial charge in [-0.1, -0.05) is 0 Å². The van der Waals surface area contributed by atoms with Crippen LogP contribution in [0, 0.1) is 17.5 Å². The molecule has 1 amide bonds. The minimum atomic E-state index is -1.60. The van der Waals surface area contributed by atoms with Gasteiger partial charge in [0.1, 0.15) is 5.76 Å². The second-order valence-electron chi connectivity index (χ2n) is 3.68.